The number of fused-ring (bicyclic) bond motifs is 5. The molecule has 8 heteroatoms. The quantitative estimate of drug-likeness (QED) is 0.211. The summed E-state index contributed by atoms with van der Waals surface area (Å²) in [6.45, 7) is 5.95. The van der Waals surface area contributed by atoms with Crippen molar-refractivity contribution < 1.29 is 26.3 Å². The first-order valence-corrected chi connectivity index (χ1v) is 12.5. The lowest BCUT2D eigenvalue weighted by molar-refractivity contribution is -0.211. The van der Waals surface area contributed by atoms with E-state index in [2.05, 4.69) is 4.98 Å². The molecule has 1 nitrogen and oxygen atoms in total. The van der Waals surface area contributed by atoms with Crippen molar-refractivity contribution >= 4 is 42.3 Å². The smallest absolute Gasteiger partial charge is 0.255 e. The van der Waals surface area contributed by atoms with Crippen molar-refractivity contribution in [3.8, 4) is 11.3 Å². The zero-order valence-electron chi connectivity index (χ0n) is 20.5. The van der Waals surface area contributed by atoms with E-state index in [0.717, 1.165) is 46.7 Å². The van der Waals surface area contributed by atoms with Gasteiger partial charge in [0.1, 0.15) is 0 Å². The summed E-state index contributed by atoms with van der Waals surface area (Å²) in [6, 6.07) is 13.5. The van der Waals surface area contributed by atoms with Gasteiger partial charge in [0.05, 0.1) is 21.4 Å². The Labute approximate surface area is 213 Å². The number of halogens is 6. The molecule has 5 rings (SSSR count). The standard InChI is InChI=1S/C29H23F6NS/c1-15-9-16(2)11-19(10-15)24-26-21(7-8-36-24)20-6-5-18-12-17(14-27(3,4)29(33,34)35)13-22(28(30,31)32)23(18)25(20)37-26/h5-13H,14H2,1-4H3. The van der Waals surface area contributed by atoms with Crippen LogP contribution in [0.15, 0.2) is 54.7 Å². The van der Waals surface area contributed by atoms with Crippen LogP contribution in [-0.4, -0.2) is 11.2 Å². The molecule has 0 saturated heterocycles. The largest absolute Gasteiger partial charge is 0.417 e. The number of hydrogen-bond donors (Lipinski definition) is 0. The topological polar surface area (TPSA) is 12.9 Å². The second kappa shape index (κ2) is 8.45. The van der Waals surface area contributed by atoms with Crippen LogP contribution in [0, 0.1) is 19.3 Å². The van der Waals surface area contributed by atoms with Crippen LogP contribution in [0.2, 0.25) is 0 Å². The van der Waals surface area contributed by atoms with Crippen LogP contribution in [0.4, 0.5) is 26.3 Å². The van der Waals surface area contributed by atoms with E-state index in [-0.39, 0.29) is 16.3 Å². The van der Waals surface area contributed by atoms with Crippen molar-refractivity contribution in [1.29, 1.82) is 0 Å². The van der Waals surface area contributed by atoms with Crippen LogP contribution >= 0.6 is 11.3 Å². The first-order valence-electron chi connectivity index (χ1n) is 11.7. The zero-order chi connectivity index (χ0) is 26.9. The van der Waals surface area contributed by atoms with E-state index >= 15 is 0 Å². The molecule has 0 aliphatic heterocycles. The monoisotopic (exact) mass is 531 g/mol. The van der Waals surface area contributed by atoms with Gasteiger partial charge in [0, 0.05) is 32.6 Å². The Morgan fingerprint density at radius 3 is 2.05 bits per heavy atom. The molecule has 192 valence electrons. The zero-order valence-corrected chi connectivity index (χ0v) is 21.3. The van der Waals surface area contributed by atoms with E-state index in [4.69, 9.17) is 0 Å². The summed E-state index contributed by atoms with van der Waals surface area (Å²) < 4.78 is 84.8. The van der Waals surface area contributed by atoms with Gasteiger partial charge < -0.3 is 0 Å². The molecule has 5 aromatic rings. The minimum absolute atomic E-state index is 0.000188. The van der Waals surface area contributed by atoms with Crippen molar-refractivity contribution in [3.05, 3.63) is 77.0 Å². The van der Waals surface area contributed by atoms with E-state index in [0.29, 0.717) is 15.8 Å². The number of alkyl halides is 6. The lowest BCUT2D eigenvalue weighted by atomic mass is 9.83. The van der Waals surface area contributed by atoms with Crippen LogP contribution in [0.25, 0.3) is 42.2 Å². The van der Waals surface area contributed by atoms with Crippen LogP contribution in [-0.2, 0) is 12.6 Å². The SMILES string of the molecule is Cc1cc(C)cc(-c2nccc3c2sc2c3ccc3cc(CC(C)(C)C(F)(F)F)cc(C(F)(F)F)c32)c1. The van der Waals surface area contributed by atoms with Crippen molar-refractivity contribution in [3.63, 3.8) is 0 Å². The number of benzene rings is 3. The molecule has 0 aliphatic rings. The highest BCUT2D eigenvalue weighted by molar-refractivity contribution is 7.27. The Morgan fingerprint density at radius 2 is 1.43 bits per heavy atom. The number of rotatable bonds is 3. The van der Waals surface area contributed by atoms with Gasteiger partial charge >= 0.3 is 12.4 Å². The molecule has 0 atom stereocenters. The molecule has 0 aliphatic carbocycles. The summed E-state index contributed by atoms with van der Waals surface area (Å²) in [6.07, 6.45) is -8.19. The summed E-state index contributed by atoms with van der Waals surface area (Å²) in [4.78, 5) is 4.56. The fourth-order valence-electron chi connectivity index (χ4n) is 4.93. The van der Waals surface area contributed by atoms with E-state index in [1.165, 1.54) is 17.4 Å². The van der Waals surface area contributed by atoms with Gasteiger partial charge in [0.15, 0.2) is 0 Å². The summed E-state index contributed by atoms with van der Waals surface area (Å²) in [5.74, 6) is 0. The molecule has 0 N–H and O–H groups in total. The van der Waals surface area contributed by atoms with Crippen LogP contribution in [0.5, 0.6) is 0 Å². The number of aryl methyl sites for hydroxylation is 2. The van der Waals surface area contributed by atoms with Crippen LogP contribution in [0.3, 0.4) is 0 Å². The van der Waals surface area contributed by atoms with Crippen molar-refractivity contribution in [1.82, 2.24) is 4.98 Å². The molecule has 0 unspecified atom stereocenters. The van der Waals surface area contributed by atoms with Gasteiger partial charge in [-0.15, -0.1) is 11.3 Å². The highest BCUT2D eigenvalue weighted by atomic mass is 32.1. The predicted octanol–water partition coefficient (Wildman–Crippen LogP) is 10.0. The van der Waals surface area contributed by atoms with Crippen LogP contribution in [0.1, 0.15) is 36.1 Å². The third-order valence-electron chi connectivity index (χ3n) is 6.74. The fraction of sp³-hybridized carbons (Fsp3) is 0.276. The first-order chi connectivity index (χ1) is 17.2. The number of nitrogens with zero attached hydrogens (tertiary/aromatic N) is 1. The first kappa shape index (κ1) is 25.5. The van der Waals surface area contributed by atoms with Gasteiger partial charge in [-0.1, -0.05) is 49.2 Å². The number of thiophene rings is 1. The predicted molar refractivity (Wildman–Crippen MR) is 138 cm³/mol. The van der Waals surface area contributed by atoms with Crippen molar-refractivity contribution in [2.75, 3.05) is 0 Å². The summed E-state index contributed by atoms with van der Waals surface area (Å²) in [7, 11) is 0. The fourth-order valence-corrected chi connectivity index (χ4v) is 6.31. The second-order valence-corrected chi connectivity index (χ2v) is 11.3. The third-order valence-corrected chi connectivity index (χ3v) is 7.99. The number of hydrogen-bond acceptors (Lipinski definition) is 2. The Kier molecular flexibility index (Phi) is 5.83. The molecule has 0 fully saturated rings. The maximum Gasteiger partial charge on any atom is 0.417 e. The summed E-state index contributed by atoms with van der Waals surface area (Å²) in [5.41, 5.74) is 0.583. The molecule has 2 heterocycles. The summed E-state index contributed by atoms with van der Waals surface area (Å²) >= 11 is 1.24. The third kappa shape index (κ3) is 4.45. The molecule has 37 heavy (non-hydrogen) atoms. The lowest BCUT2D eigenvalue weighted by Gasteiger charge is -2.28. The maximum atomic E-state index is 14.4. The van der Waals surface area contributed by atoms with E-state index in [1.807, 2.05) is 32.0 Å². The minimum Gasteiger partial charge on any atom is -0.255 e. The van der Waals surface area contributed by atoms with E-state index in [1.54, 1.807) is 24.4 Å². The molecule has 0 radical (unpaired) electrons. The average molecular weight is 532 g/mol. The summed E-state index contributed by atoms with van der Waals surface area (Å²) in [5, 5.41) is 1.73. The average Bonchev–Trinajstić information content (AvgIpc) is 3.15. The second-order valence-electron chi connectivity index (χ2n) is 10.3. The molecule has 0 bridgehead atoms. The Bertz CT molecular complexity index is 1650. The lowest BCUT2D eigenvalue weighted by Crippen LogP contribution is -2.34. The maximum absolute atomic E-state index is 14.4. The van der Waals surface area contributed by atoms with Gasteiger partial charge in [-0.2, -0.15) is 26.3 Å². The van der Waals surface area contributed by atoms with E-state index in [9.17, 15) is 26.3 Å². The normalized spacial score (nSPS) is 13.2. The highest BCUT2D eigenvalue weighted by Gasteiger charge is 2.47. The molecular formula is C29H23F6NS. The molecular weight excluding hydrogens is 508 g/mol. The van der Waals surface area contributed by atoms with E-state index < -0.39 is 29.8 Å². The molecule has 0 amide bonds. The van der Waals surface area contributed by atoms with Crippen molar-refractivity contribution in [2.24, 2.45) is 5.41 Å². The van der Waals surface area contributed by atoms with Gasteiger partial charge in [0.2, 0.25) is 0 Å². The Morgan fingerprint density at radius 1 is 0.784 bits per heavy atom. The molecule has 0 spiro atoms. The van der Waals surface area contributed by atoms with Gasteiger partial charge in [-0.25, -0.2) is 0 Å². The molecule has 3 aromatic carbocycles. The molecule has 2 aromatic heterocycles. The van der Waals surface area contributed by atoms with Crippen molar-refractivity contribution in [2.45, 2.75) is 46.5 Å². The highest BCUT2D eigenvalue weighted by Crippen LogP contribution is 2.47. The molecule has 0 saturated carbocycles. The number of aromatic nitrogens is 1. The Balaban J connectivity index is 1.80. The minimum atomic E-state index is -4.74. The van der Waals surface area contributed by atoms with Gasteiger partial charge in [-0.05, 0) is 55.5 Å². The number of pyridine rings is 1. The Hall–Kier alpha value is -3.13. The van der Waals surface area contributed by atoms with Gasteiger partial charge in [0.25, 0.3) is 0 Å². The van der Waals surface area contributed by atoms with Crippen LogP contribution < -0.4 is 0 Å². The van der Waals surface area contributed by atoms with Gasteiger partial charge in [-0.3, -0.25) is 4.98 Å².